The van der Waals surface area contributed by atoms with Gasteiger partial charge in [-0.25, -0.2) is 0 Å². The lowest BCUT2D eigenvalue weighted by molar-refractivity contribution is 0.405. The minimum Gasteiger partial charge on any atom is -0.496 e. The SMILES string of the molecule is COc1cccc(Cl)c1C1CCC(Cl)C1. The van der Waals surface area contributed by atoms with E-state index in [1.54, 1.807) is 7.11 Å². The van der Waals surface area contributed by atoms with Crippen LogP contribution in [-0.2, 0) is 0 Å². The van der Waals surface area contributed by atoms with Crippen LogP contribution in [0, 0.1) is 0 Å². The first-order valence-electron chi connectivity index (χ1n) is 5.19. The van der Waals surface area contributed by atoms with Crippen molar-refractivity contribution < 1.29 is 4.74 Å². The van der Waals surface area contributed by atoms with Gasteiger partial charge in [0.1, 0.15) is 5.75 Å². The number of ether oxygens (including phenoxy) is 1. The maximum atomic E-state index is 6.21. The third-order valence-electron chi connectivity index (χ3n) is 3.01. The summed E-state index contributed by atoms with van der Waals surface area (Å²) in [5, 5.41) is 1.08. The van der Waals surface area contributed by atoms with Gasteiger partial charge < -0.3 is 4.74 Å². The highest BCUT2D eigenvalue weighted by molar-refractivity contribution is 6.31. The molecule has 15 heavy (non-hydrogen) atoms. The van der Waals surface area contributed by atoms with E-state index in [1.165, 1.54) is 0 Å². The zero-order chi connectivity index (χ0) is 10.8. The minimum absolute atomic E-state index is 0.288. The second-order valence-corrected chi connectivity index (χ2v) is 4.99. The predicted octanol–water partition coefficient (Wildman–Crippen LogP) is 4.22. The third kappa shape index (κ3) is 2.24. The van der Waals surface area contributed by atoms with Crippen molar-refractivity contribution >= 4 is 23.2 Å². The standard InChI is InChI=1S/C12H14Cl2O/c1-15-11-4-2-3-10(14)12(11)8-5-6-9(13)7-8/h2-4,8-9H,5-7H2,1H3. The van der Waals surface area contributed by atoms with E-state index in [0.29, 0.717) is 5.92 Å². The van der Waals surface area contributed by atoms with Gasteiger partial charge in [0.15, 0.2) is 0 Å². The van der Waals surface area contributed by atoms with Crippen LogP contribution in [0.1, 0.15) is 30.7 Å². The molecule has 0 saturated heterocycles. The van der Waals surface area contributed by atoms with Gasteiger partial charge in [-0.15, -0.1) is 11.6 Å². The monoisotopic (exact) mass is 244 g/mol. The van der Waals surface area contributed by atoms with Crippen molar-refractivity contribution in [2.45, 2.75) is 30.6 Å². The van der Waals surface area contributed by atoms with Gasteiger partial charge in [0, 0.05) is 16.0 Å². The summed E-state index contributed by atoms with van der Waals surface area (Å²) < 4.78 is 5.35. The Balaban J connectivity index is 2.33. The normalized spacial score (nSPS) is 25.5. The van der Waals surface area contributed by atoms with Gasteiger partial charge in [0.2, 0.25) is 0 Å². The summed E-state index contributed by atoms with van der Waals surface area (Å²) in [7, 11) is 1.68. The lowest BCUT2D eigenvalue weighted by atomic mass is 9.96. The highest BCUT2D eigenvalue weighted by atomic mass is 35.5. The van der Waals surface area contributed by atoms with E-state index in [0.717, 1.165) is 35.6 Å². The average molecular weight is 245 g/mol. The van der Waals surface area contributed by atoms with Crippen LogP contribution in [0.4, 0.5) is 0 Å². The van der Waals surface area contributed by atoms with E-state index >= 15 is 0 Å². The van der Waals surface area contributed by atoms with E-state index in [4.69, 9.17) is 27.9 Å². The smallest absolute Gasteiger partial charge is 0.123 e. The number of benzene rings is 1. The Hall–Kier alpha value is -0.400. The first kappa shape index (κ1) is 11.1. The summed E-state index contributed by atoms with van der Waals surface area (Å²) >= 11 is 12.3. The van der Waals surface area contributed by atoms with Crippen LogP contribution >= 0.6 is 23.2 Å². The molecule has 0 bridgehead atoms. The Morgan fingerprint density at radius 1 is 1.33 bits per heavy atom. The molecule has 1 fully saturated rings. The van der Waals surface area contributed by atoms with Crippen molar-refractivity contribution in [2.75, 3.05) is 7.11 Å². The number of hydrogen-bond donors (Lipinski definition) is 0. The summed E-state index contributed by atoms with van der Waals surface area (Å²) in [6, 6.07) is 5.79. The minimum atomic E-state index is 0.288. The number of methoxy groups -OCH3 is 1. The van der Waals surface area contributed by atoms with Crippen molar-refractivity contribution in [3.05, 3.63) is 28.8 Å². The van der Waals surface area contributed by atoms with E-state index in [2.05, 4.69) is 0 Å². The van der Waals surface area contributed by atoms with Crippen molar-refractivity contribution in [3.63, 3.8) is 0 Å². The summed E-state index contributed by atoms with van der Waals surface area (Å²) in [5.74, 6) is 1.34. The lowest BCUT2D eigenvalue weighted by Gasteiger charge is -2.15. The zero-order valence-corrected chi connectivity index (χ0v) is 10.2. The Kier molecular flexibility index (Phi) is 3.42. The number of hydrogen-bond acceptors (Lipinski definition) is 1. The van der Waals surface area contributed by atoms with Crippen molar-refractivity contribution in [1.82, 2.24) is 0 Å². The fourth-order valence-electron chi connectivity index (χ4n) is 2.28. The second-order valence-electron chi connectivity index (χ2n) is 3.96. The molecule has 1 aliphatic carbocycles. The van der Waals surface area contributed by atoms with E-state index in [-0.39, 0.29) is 5.38 Å². The first-order chi connectivity index (χ1) is 7.22. The molecule has 0 heterocycles. The molecular formula is C12H14Cl2O. The van der Waals surface area contributed by atoms with Crippen LogP contribution in [-0.4, -0.2) is 12.5 Å². The lowest BCUT2D eigenvalue weighted by Crippen LogP contribution is -1.99. The fraction of sp³-hybridized carbons (Fsp3) is 0.500. The predicted molar refractivity (Wildman–Crippen MR) is 64.2 cm³/mol. The number of alkyl halides is 1. The molecule has 1 nitrogen and oxygen atoms in total. The van der Waals surface area contributed by atoms with Crippen LogP contribution < -0.4 is 4.74 Å². The maximum Gasteiger partial charge on any atom is 0.123 e. The molecule has 1 saturated carbocycles. The summed E-state index contributed by atoms with van der Waals surface area (Å²) in [5.41, 5.74) is 1.13. The molecule has 1 aliphatic rings. The van der Waals surface area contributed by atoms with Crippen LogP contribution in [0.25, 0.3) is 0 Å². The molecule has 0 aromatic heterocycles. The van der Waals surface area contributed by atoms with Crippen LogP contribution in [0.2, 0.25) is 5.02 Å². The number of rotatable bonds is 2. The Labute approximate surface area is 100 Å². The Morgan fingerprint density at radius 3 is 2.73 bits per heavy atom. The molecule has 3 heteroatoms. The maximum absolute atomic E-state index is 6.21. The second kappa shape index (κ2) is 4.63. The molecule has 2 atom stereocenters. The molecule has 2 unspecified atom stereocenters. The van der Waals surface area contributed by atoms with Crippen molar-refractivity contribution in [3.8, 4) is 5.75 Å². The fourth-order valence-corrected chi connectivity index (χ4v) is 2.94. The van der Waals surface area contributed by atoms with E-state index in [9.17, 15) is 0 Å². The molecule has 0 amide bonds. The third-order valence-corrected chi connectivity index (χ3v) is 3.74. The average Bonchev–Trinajstić information content (AvgIpc) is 2.64. The molecule has 0 N–H and O–H groups in total. The van der Waals surface area contributed by atoms with Crippen LogP contribution in [0.5, 0.6) is 5.75 Å². The Bertz CT molecular complexity index is 351. The van der Waals surface area contributed by atoms with Crippen LogP contribution in [0.3, 0.4) is 0 Å². The molecular weight excluding hydrogens is 231 g/mol. The quantitative estimate of drug-likeness (QED) is 0.708. The highest BCUT2D eigenvalue weighted by Gasteiger charge is 2.28. The molecule has 2 rings (SSSR count). The topological polar surface area (TPSA) is 9.23 Å². The molecule has 0 aliphatic heterocycles. The summed E-state index contributed by atoms with van der Waals surface area (Å²) in [4.78, 5) is 0. The molecule has 0 spiro atoms. The zero-order valence-electron chi connectivity index (χ0n) is 8.67. The van der Waals surface area contributed by atoms with Crippen LogP contribution in [0.15, 0.2) is 18.2 Å². The van der Waals surface area contributed by atoms with Gasteiger partial charge in [0.25, 0.3) is 0 Å². The molecule has 82 valence electrons. The largest absolute Gasteiger partial charge is 0.496 e. The number of halogens is 2. The van der Waals surface area contributed by atoms with Gasteiger partial charge in [-0.05, 0) is 37.3 Å². The molecule has 1 aromatic rings. The highest BCUT2D eigenvalue weighted by Crippen LogP contribution is 2.43. The van der Waals surface area contributed by atoms with Gasteiger partial charge in [0.05, 0.1) is 7.11 Å². The molecule has 0 radical (unpaired) electrons. The van der Waals surface area contributed by atoms with Gasteiger partial charge in [-0.1, -0.05) is 17.7 Å². The summed E-state index contributed by atoms with van der Waals surface area (Å²) in [6.45, 7) is 0. The summed E-state index contributed by atoms with van der Waals surface area (Å²) in [6.07, 6.45) is 3.18. The van der Waals surface area contributed by atoms with E-state index < -0.39 is 0 Å². The van der Waals surface area contributed by atoms with Gasteiger partial charge >= 0.3 is 0 Å². The van der Waals surface area contributed by atoms with Gasteiger partial charge in [-0.2, -0.15) is 0 Å². The van der Waals surface area contributed by atoms with E-state index in [1.807, 2.05) is 18.2 Å². The molecule has 1 aromatic carbocycles. The van der Waals surface area contributed by atoms with Crippen molar-refractivity contribution in [1.29, 1.82) is 0 Å². The van der Waals surface area contributed by atoms with Gasteiger partial charge in [-0.3, -0.25) is 0 Å². The van der Waals surface area contributed by atoms with Crippen molar-refractivity contribution in [2.24, 2.45) is 0 Å². The first-order valence-corrected chi connectivity index (χ1v) is 6.00. The Morgan fingerprint density at radius 2 is 2.13 bits per heavy atom.